The number of benzene rings is 1. The molecule has 0 heterocycles. The molecular formula is C14H21N2O2+. The van der Waals surface area contributed by atoms with Crippen LogP contribution in [0.1, 0.15) is 36.7 Å². The average Bonchev–Trinajstić information content (AvgIpc) is 2.27. The summed E-state index contributed by atoms with van der Waals surface area (Å²) in [5.74, 6) is -0.0795. The van der Waals surface area contributed by atoms with E-state index in [1.807, 2.05) is 39.0 Å². The Morgan fingerprint density at radius 1 is 1.28 bits per heavy atom. The van der Waals surface area contributed by atoms with Crippen molar-refractivity contribution < 1.29 is 14.7 Å². The lowest BCUT2D eigenvalue weighted by atomic mass is 10.1. The van der Waals surface area contributed by atoms with Crippen LogP contribution in [0.3, 0.4) is 0 Å². The van der Waals surface area contributed by atoms with Crippen molar-refractivity contribution in [2.75, 3.05) is 14.1 Å². The van der Waals surface area contributed by atoms with Crippen molar-refractivity contribution in [3.05, 3.63) is 35.4 Å². The molecule has 1 rings (SSSR count). The zero-order chi connectivity index (χ0) is 13.9. The van der Waals surface area contributed by atoms with Crippen molar-refractivity contribution in [2.24, 2.45) is 0 Å². The molecule has 0 radical (unpaired) electrons. The summed E-state index contributed by atoms with van der Waals surface area (Å²) in [7, 11) is 3.42. The van der Waals surface area contributed by atoms with Crippen LogP contribution >= 0.6 is 0 Å². The second kappa shape index (κ2) is 5.21. The Morgan fingerprint density at radius 3 is 2.33 bits per heavy atom. The van der Waals surface area contributed by atoms with Crippen molar-refractivity contribution in [2.45, 2.75) is 26.3 Å². The zero-order valence-electron chi connectivity index (χ0n) is 11.6. The molecule has 1 N–H and O–H groups in total. The third-order valence-electron chi connectivity index (χ3n) is 2.55. The summed E-state index contributed by atoms with van der Waals surface area (Å²) in [6, 6.07) is 7.22. The Hall–Kier alpha value is -1.84. The summed E-state index contributed by atoms with van der Waals surface area (Å²) in [5.41, 5.74) is 0.869. The van der Waals surface area contributed by atoms with Gasteiger partial charge in [-0.3, -0.25) is 10.0 Å². The van der Waals surface area contributed by atoms with Crippen molar-refractivity contribution >= 4 is 12.1 Å². The second-order valence-corrected chi connectivity index (χ2v) is 5.43. The number of nitrogens with zero attached hydrogens (tertiary/aromatic N) is 2. The fourth-order valence-electron chi connectivity index (χ4n) is 1.37. The number of hydrogen-bond donors (Lipinski definition) is 1. The molecule has 0 aliphatic rings. The van der Waals surface area contributed by atoms with Crippen LogP contribution in [0, 0.1) is 0 Å². The maximum atomic E-state index is 12.0. The first-order valence-electron chi connectivity index (χ1n) is 5.87. The fraction of sp³-hybridized carbons (Fsp3) is 0.429. The third-order valence-corrected chi connectivity index (χ3v) is 2.55. The summed E-state index contributed by atoms with van der Waals surface area (Å²) >= 11 is 0. The molecule has 0 aliphatic heterocycles. The molecule has 0 spiro atoms. The number of hydroxylamine groups is 1. The lowest BCUT2D eigenvalue weighted by Crippen LogP contribution is -2.32. The number of carbonyl (C=O) groups is 1. The predicted molar refractivity (Wildman–Crippen MR) is 71.4 cm³/mol. The summed E-state index contributed by atoms with van der Waals surface area (Å²) in [4.78, 5) is 13.5. The summed E-state index contributed by atoms with van der Waals surface area (Å²) in [6.07, 6.45) is 1.58. The summed E-state index contributed by atoms with van der Waals surface area (Å²) < 4.78 is 1.12. The molecule has 1 aromatic carbocycles. The Kier molecular flexibility index (Phi) is 4.11. The summed E-state index contributed by atoms with van der Waals surface area (Å²) in [5, 5.41) is 9.94. The second-order valence-electron chi connectivity index (χ2n) is 5.43. The highest BCUT2D eigenvalue weighted by Gasteiger charge is 2.25. The van der Waals surface area contributed by atoms with E-state index < -0.39 is 5.54 Å². The van der Waals surface area contributed by atoms with Crippen LogP contribution in [0.15, 0.2) is 24.3 Å². The molecule has 4 heteroatoms. The van der Waals surface area contributed by atoms with Gasteiger partial charge >= 0.3 is 0 Å². The van der Waals surface area contributed by atoms with E-state index in [1.165, 1.54) is 4.90 Å². The van der Waals surface area contributed by atoms with Crippen LogP contribution in [-0.4, -0.2) is 46.6 Å². The Morgan fingerprint density at radius 2 is 1.83 bits per heavy atom. The van der Waals surface area contributed by atoms with E-state index in [0.717, 1.165) is 4.74 Å². The molecule has 4 nitrogen and oxygen atoms in total. The van der Waals surface area contributed by atoms with E-state index >= 15 is 0 Å². The van der Waals surface area contributed by atoms with Gasteiger partial charge in [0.1, 0.15) is 0 Å². The van der Waals surface area contributed by atoms with Gasteiger partial charge < -0.3 is 4.90 Å². The molecule has 0 fully saturated rings. The van der Waals surface area contributed by atoms with E-state index in [4.69, 9.17) is 0 Å². The number of hydrogen-bond acceptors (Lipinski definition) is 2. The molecular weight excluding hydrogens is 228 g/mol. The number of amides is 1. The van der Waals surface area contributed by atoms with Gasteiger partial charge in [-0.2, -0.15) is 0 Å². The molecule has 18 heavy (non-hydrogen) atoms. The first kappa shape index (κ1) is 14.2. The topological polar surface area (TPSA) is 43.5 Å². The molecule has 1 amide bonds. The highest BCUT2D eigenvalue weighted by atomic mass is 16.5. The minimum atomic E-state index is -0.408. The van der Waals surface area contributed by atoms with Gasteiger partial charge in [0.25, 0.3) is 5.91 Å². The van der Waals surface area contributed by atoms with E-state index in [0.29, 0.717) is 11.1 Å². The molecule has 0 atom stereocenters. The Labute approximate surface area is 108 Å². The molecule has 0 aromatic heterocycles. The predicted octanol–water partition coefficient (Wildman–Crippen LogP) is 2.01. The van der Waals surface area contributed by atoms with Crippen molar-refractivity contribution in [3.63, 3.8) is 0 Å². The fourth-order valence-corrected chi connectivity index (χ4v) is 1.37. The van der Waals surface area contributed by atoms with Crippen LogP contribution < -0.4 is 0 Å². The first-order chi connectivity index (χ1) is 8.23. The van der Waals surface area contributed by atoms with Gasteiger partial charge in [-0.15, -0.1) is 0 Å². The SMILES string of the molecule is CN(C)C(=O)c1ccccc1C=[N+](O)C(C)(C)C. The quantitative estimate of drug-likeness (QED) is 0.377. The van der Waals surface area contributed by atoms with Crippen LogP contribution in [0.5, 0.6) is 0 Å². The number of rotatable bonds is 2. The standard InChI is InChI=1S/C14H21N2O2/c1-14(2,3)16(18)10-11-8-6-7-9-12(11)13(17)15(4)5/h6-10,18H,1-5H3/q+1. The lowest BCUT2D eigenvalue weighted by molar-refractivity contribution is -0.816. The minimum absolute atomic E-state index is 0.0795. The monoisotopic (exact) mass is 249 g/mol. The van der Waals surface area contributed by atoms with E-state index in [-0.39, 0.29) is 5.91 Å². The zero-order valence-corrected chi connectivity index (χ0v) is 11.6. The molecule has 0 bridgehead atoms. The largest absolute Gasteiger partial charge is 0.345 e. The van der Waals surface area contributed by atoms with E-state index in [2.05, 4.69) is 0 Å². The number of carbonyl (C=O) groups excluding carboxylic acids is 1. The summed E-state index contributed by atoms with van der Waals surface area (Å²) in [6.45, 7) is 5.67. The van der Waals surface area contributed by atoms with Crippen LogP contribution in [0.4, 0.5) is 0 Å². The van der Waals surface area contributed by atoms with E-state index in [9.17, 15) is 10.0 Å². The maximum Gasteiger partial charge on any atom is 0.254 e. The average molecular weight is 249 g/mol. The third kappa shape index (κ3) is 3.32. The van der Waals surface area contributed by atoms with Gasteiger partial charge in [-0.25, -0.2) is 0 Å². The highest BCUT2D eigenvalue weighted by Crippen LogP contribution is 2.11. The Balaban J connectivity index is 3.23. The van der Waals surface area contributed by atoms with Crippen LogP contribution in [-0.2, 0) is 0 Å². The van der Waals surface area contributed by atoms with Gasteiger partial charge in [0.05, 0.1) is 11.1 Å². The molecule has 1 aromatic rings. The van der Waals surface area contributed by atoms with Gasteiger partial charge in [0.15, 0.2) is 0 Å². The van der Waals surface area contributed by atoms with Gasteiger partial charge in [-0.05, 0) is 16.9 Å². The molecule has 0 unspecified atom stereocenters. The van der Waals surface area contributed by atoms with Crippen LogP contribution in [0.25, 0.3) is 0 Å². The van der Waals surface area contributed by atoms with Gasteiger partial charge in [0.2, 0.25) is 11.8 Å². The highest BCUT2D eigenvalue weighted by molar-refractivity contribution is 6.01. The molecule has 0 saturated carbocycles. The molecule has 0 saturated heterocycles. The minimum Gasteiger partial charge on any atom is -0.345 e. The normalized spacial score (nSPS) is 12.4. The van der Waals surface area contributed by atoms with Crippen molar-refractivity contribution in [3.8, 4) is 0 Å². The Bertz CT molecular complexity index is 471. The first-order valence-corrected chi connectivity index (χ1v) is 5.87. The van der Waals surface area contributed by atoms with E-state index in [1.54, 1.807) is 26.4 Å². The van der Waals surface area contributed by atoms with Crippen LogP contribution in [0.2, 0.25) is 0 Å². The molecule has 98 valence electrons. The maximum absolute atomic E-state index is 12.0. The van der Waals surface area contributed by atoms with Gasteiger partial charge in [0, 0.05) is 34.9 Å². The van der Waals surface area contributed by atoms with Crippen molar-refractivity contribution in [1.82, 2.24) is 4.90 Å². The van der Waals surface area contributed by atoms with Crippen molar-refractivity contribution in [1.29, 1.82) is 0 Å². The smallest absolute Gasteiger partial charge is 0.254 e. The van der Waals surface area contributed by atoms with Gasteiger partial charge in [-0.1, -0.05) is 12.1 Å². The molecule has 0 aliphatic carbocycles. The lowest BCUT2D eigenvalue weighted by Gasteiger charge is -2.13.